The van der Waals surface area contributed by atoms with Crippen molar-refractivity contribution in [2.75, 3.05) is 18.0 Å². The molecule has 88 valence electrons. The molecular formula is C11H14ClFN2O. The number of carbonyl (C=O) groups is 1. The van der Waals surface area contributed by atoms with Crippen LogP contribution in [0.1, 0.15) is 13.3 Å². The quantitative estimate of drug-likeness (QED) is 0.883. The van der Waals surface area contributed by atoms with Crippen molar-refractivity contribution in [3.8, 4) is 0 Å². The minimum absolute atomic E-state index is 0.00317. The molecule has 0 aliphatic carbocycles. The fourth-order valence-electron chi connectivity index (χ4n) is 1.37. The van der Waals surface area contributed by atoms with Crippen molar-refractivity contribution in [3.63, 3.8) is 0 Å². The van der Waals surface area contributed by atoms with Crippen LogP contribution in [0.15, 0.2) is 18.2 Å². The van der Waals surface area contributed by atoms with Crippen LogP contribution in [0, 0.1) is 5.82 Å². The van der Waals surface area contributed by atoms with E-state index in [1.54, 1.807) is 6.92 Å². The van der Waals surface area contributed by atoms with Gasteiger partial charge in [0.1, 0.15) is 5.82 Å². The van der Waals surface area contributed by atoms with Crippen LogP contribution < -0.4 is 10.6 Å². The molecular weight excluding hydrogens is 231 g/mol. The van der Waals surface area contributed by atoms with Gasteiger partial charge in [-0.1, -0.05) is 18.5 Å². The number of hydrogen-bond donors (Lipinski definition) is 1. The van der Waals surface area contributed by atoms with Gasteiger partial charge in [0.25, 0.3) is 0 Å². The maximum absolute atomic E-state index is 13.0. The Morgan fingerprint density at radius 2 is 2.25 bits per heavy atom. The van der Waals surface area contributed by atoms with Crippen LogP contribution in [0.4, 0.5) is 10.1 Å². The summed E-state index contributed by atoms with van der Waals surface area (Å²) in [5.41, 5.74) is 6.00. The molecule has 0 heterocycles. The van der Waals surface area contributed by atoms with Gasteiger partial charge in [-0.2, -0.15) is 0 Å². The highest BCUT2D eigenvalue weighted by Gasteiger charge is 2.14. The summed E-state index contributed by atoms with van der Waals surface area (Å²) in [5.74, 6) is -0.560. The van der Waals surface area contributed by atoms with Gasteiger partial charge in [-0.25, -0.2) is 4.39 Å². The van der Waals surface area contributed by atoms with E-state index in [1.807, 2.05) is 0 Å². The predicted octanol–water partition coefficient (Wildman–Crippen LogP) is 2.18. The van der Waals surface area contributed by atoms with Crippen LogP contribution in [0.5, 0.6) is 0 Å². The number of nitrogens with two attached hydrogens (primary N) is 1. The summed E-state index contributed by atoms with van der Waals surface area (Å²) < 4.78 is 13.0. The minimum atomic E-state index is -0.498. The molecule has 0 spiro atoms. The van der Waals surface area contributed by atoms with Crippen LogP contribution >= 0.6 is 11.6 Å². The van der Waals surface area contributed by atoms with Gasteiger partial charge in [0, 0.05) is 25.2 Å². The lowest BCUT2D eigenvalue weighted by molar-refractivity contribution is -0.118. The van der Waals surface area contributed by atoms with Crippen molar-refractivity contribution in [2.24, 2.45) is 5.73 Å². The van der Waals surface area contributed by atoms with Gasteiger partial charge in [0.15, 0.2) is 0 Å². The third kappa shape index (κ3) is 2.93. The number of amides is 1. The average molecular weight is 245 g/mol. The lowest BCUT2D eigenvalue weighted by Crippen LogP contribution is -2.34. The first-order chi connectivity index (χ1) is 7.60. The van der Waals surface area contributed by atoms with E-state index < -0.39 is 5.82 Å². The van der Waals surface area contributed by atoms with E-state index in [-0.39, 0.29) is 10.9 Å². The van der Waals surface area contributed by atoms with Gasteiger partial charge >= 0.3 is 0 Å². The Kier molecular flexibility index (Phi) is 4.71. The van der Waals surface area contributed by atoms with Gasteiger partial charge < -0.3 is 10.6 Å². The molecule has 0 aliphatic rings. The highest BCUT2D eigenvalue weighted by atomic mass is 35.5. The van der Waals surface area contributed by atoms with Gasteiger partial charge in [-0.05, 0) is 18.2 Å². The van der Waals surface area contributed by atoms with Crippen LogP contribution in [-0.2, 0) is 4.79 Å². The zero-order chi connectivity index (χ0) is 12.1. The van der Waals surface area contributed by atoms with Crippen molar-refractivity contribution in [1.29, 1.82) is 0 Å². The summed E-state index contributed by atoms with van der Waals surface area (Å²) in [5, 5.41) is 0.00317. The van der Waals surface area contributed by atoms with E-state index in [0.29, 0.717) is 25.2 Å². The largest absolute Gasteiger partial charge is 0.329 e. The molecule has 0 fully saturated rings. The van der Waals surface area contributed by atoms with E-state index in [9.17, 15) is 9.18 Å². The predicted molar refractivity (Wildman–Crippen MR) is 63.1 cm³/mol. The molecule has 1 amide bonds. The Hall–Kier alpha value is -1.13. The lowest BCUT2D eigenvalue weighted by Gasteiger charge is -2.21. The highest BCUT2D eigenvalue weighted by Crippen LogP contribution is 2.22. The molecule has 0 unspecified atom stereocenters. The van der Waals surface area contributed by atoms with Crippen molar-refractivity contribution in [1.82, 2.24) is 0 Å². The smallest absolute Gasteiger partial charge is 0.226 e. The standard InChI is InChI=1S/C11H14ClFN2O/c1-2-11(16)15(6-5-14)8-3-4-10(13)9(12)7-8/h3-4,7H,2,5-6,14H2,1H3. The van der Waals surface area contributed by atoms with Crippen LogP contribution in [0.2, 0.25) is 5.02 Å². The van der Waals surface area contributed by atoms with Crippen LogP contribution in [0.3, 0.4) is 0 Å². The molecule has 0 aromatic heterocycles. The number of nitrogens with zero attached hydrogens (tertiary/aromatic N) is 1. The summed E-state index contributed by atoms with van der Waals surface area (Å²) in [6, 6.07) is 4.19. The number of anilines is 1. The average Bonchev–Trinajstić information content (AvgIpc) is 2.29. The second kappa shape index (κ2) is 5.82. The van der Waals surface area contributed by atoms with Crippen LogP contribution in [-0.4, -0.2) is 19.0 Å². The molecule has 0 saturated carbocycles. The molecule has 0 bridgehead atoms. The van der Waals surface area contributed by atoms with E-state index in [0.717, 1.165) is 0 Å². The van der Waals surface area contributed by atoms with E-state index >= 15 is 0 Å². The second-order valence-electron chi connectivity index (χ2n) is 3.29. The first-order valence-corrected chi connectivity index (χ1v) is 5.43. The molecule has 1 rings (SSSR count). The molecule has 2 N–H and O–H groups in total. The molecule has 5 heteroatoms. The molecule has 1 aromatic rings. The number of halogens is 2. The SMILES string of the molecule is CCC(=O)N(CCN)c1ccc(F)c(Cl)c1. The number of rotatable bonds is 4. The Bertz CT molecular complexity index is 384. The van der Waals surface area contributed by atoms with Crippen molar-refractivity contribution in [2.45, 2.75) is 13.3 Å². The van der Waals surface area contributed by atoms with Gasteiger partial charge in [-0.3, -0.25) is 4.79 Å². The number of hydrogen-bond acceptors (Lipinski definition) is 2. The van der Waals surface area contributed by atoms with Crippen molar-refractivity contribution in [3.05, 3.63) is 29.0 Å². The van der Waals surface area contributed by atoms with E-state index in [1.165, 1.54) is 23.1 Å². The molecule has 0 atom stereocenters. The molecule has 0 radical (unpaired) electrons. The maximum atomic E-state index is 13.0. The normalized spacial score (nSPS) is 10.2. The Balaban J connectivity index is 3.01. The molecule has 16 heavy (non-hydrogen) atoms. The molecule has 1 aromatic carbocycles. The maximum Gasteiger partial charge on any atom is 0.226 e. The summed E-state index contributed by atoms with van der Waals surface area (Å²) in [6.45, 7) is 2.51. The van der Waals surface area contributed by atoms with Crippen molar-refractivity contribution < 1.29 is 9.18 Å². The van der Waals surface area contributed by atoms with Gasteiger partial charge in [0.05, 0.1) is 5.02 Å². The third-order valence-corrected chi connectivity index (χ3v) is 2.46. The number of benzene rings is 1. The summed E-state index contributed by atoms with van der Waals surface area (Å²) in [6.07, 6.45) is 0.370. The monoisotopic (exact) mass is 244 g/mol. The summed E-state index contributed by atoms with van der Waals surface area (Å²) >= 11 is 5.66. The Labute approximate surface area is 99.0 Å². The molecule has 3 nitrogen and oxygen atoms in total. The molecule has 0 aliphatic heterocycles. The lowest BCUT2D eigenvalue weighted by atomic mass is 10.2. The topological polar surface area (TPSA) is 46.3 Å². The first kappa shape index (κ1) is 12.9. The second-order valence-corrected chi connectivity index (χ2v) is 3.69. The first-order valence-electron chi connectivity index (χ1n) is 5.05. The third-order valence-electron chi connectivity index (χ3n) is 2.17. The van der Waals surface area contributed by atoms with Crippen LogP contribution in [0.25, 0.3) is 0 Å². The highest BCUT2D eigenvalue weighted by molar-refractivity contribution is 6.31. The van der Waals surface area contributed by atoms with Crippen molar-refractivity contribution >= 4 is 23.2 Å². The molecule has 0 saturated heterocycles. The zero-order valence-corrected chi connectivity index (χ0v) is 9.80. The van der Waals surface area contributed by atoms with Gasteiger partial charge in [-0.15, -0.1) is 0 Å². The van der Waals surface area contributed by atoms with E-state index in [4.69, 9.17) is 17.3 Å². The summed E-state index contributed by atoms with van der Waals surface area (Å²) in [4.78, 5) is 13.1. The fourth-order valence-corrected chi connectivity index (χ4v) is 1.55. The zero-order valence-electron chi connectivity index (χ0n) is 9.04. The van der Waals surface area contributed by atoms with Gasteiger partial charge in [0.2, 0.25) is 5.91 Å². The number of carbonyl (C=O) groups excluding carboxylic acids is 1. The Morgan fingerprint density at radius 3 is 2.75 bits per heavy atom. The fraction of sp³-hybridized carbons (Fsp3) is 0.364. The summed E-state index contributed by atoms with van der Waals surface area (Å²) in [7, 11) is 0. The minimum Gasteiger partial charge on any atom is -0.329 e. The van der Waals surface area contributed by atoms with E-state index in [2.05, 4.69) is 0 Å². The Morgan fingerprint density at radius 1 is 1.56 bits per heavy atom.